The van der Waals surface area contributed by atoms with Crippen LogP contribution in [-0.4, -0.2) is 30.1 Å². The number of halogens is 1. The zero-order valence-electron chi connectivity index (χ0n) is 17.6. The van der Waals surface area contributed by atoms with E-state index in [4.69, 9.17) is 16.3 Å². The Kier molecular flexibility index (Phi) is 6.85. The first-order chi connectivity index (χ1) is 15.0. The standard InChI is InChI=1S/C21H22ClN5O4S/c1-21(2,3)31-20(28)25-15-9-7-8-14(12-15)24-18-17(13-23-19(22)26-18)27-32(29,30)16-10-5-4-6-11-16/h4-13,27H,1-3H3,(H,25,28)(H,23,24,26). The fourth-order valence-electron chi connectivity index (χ4n) is 2.57. The minimum Gasteiger partial charge on any atom is -0.444 e. The number of benzene rings is 2. The fraction of sp³-hybridized carbons (Fsp3) is 0.190. The van der Waals surface area contributed by atoms with E-state index < -0.39 is 21.7 Å². The maximum atomic E-state index is 12.7. The van der Waals surface area contributed by atoms with Crippen LogP contribution in [0.2, 0.25) is 5.28 Å². The Hall–Kier alpha value is -3.37. The monoisotopic (exact) mass is 475 g/mol. The average Bonchev–Trinajstić information content (AvgIpc) is 2.69. The molecule has 0 saturated carbocycles. The van der Waals surface area contributed by atoms with Crippen molar-refractivity contribution in [3.05, 3.63) is 66.1 Å². The smallest absolute Gasteiger partial charge is 0.412 e. The van der Waals surface area contributed by atoms with Gasteiger partial charge < -0.3 is 10.1 Å². The fourth-order valence-corrected chi connectivity index (χ4v) is 3.77. The van der Waals surface area contributed by atoms with Crippen molar-refractivity contribution in [2.75, 3.05) is 15.4 Å². The van der Waals surface area contributed by atoms with E-state index in [-0.39, 0.29) is 21.7 Å². The molecule has 32 heavy (non-hydrogen) atoms. The minimum absolute atomic E-state index is 0.0711. The normalized spacial score (nSPS) is 11.5. The van der Waals surface area contributed by atoms with E-state index >= 15 is 0 Å². The van der Waals surface area contributed by atoms with Gasteiger partial charge in [0.15, 0.2) is 5.82 Å². The van der Waals surface area contributed by atoms with Crippen LogP contribution >= 0.6 is 11.6 Å². The van der Waals surface area contributed by atoms with Gasteiger partial charge in [-0.2, -0.15) is 4.98 Å². The van der Waals surface area contributed by atoms with E-state index in [1.807, 2.05) is 0 Å². The van der Waals surface area contributed by atoms with Crippen molar-refractivity contribution >= 4 is 50.6 Å². The molecule has 0 aliphatic rings. The molecule has 0 aliphatic heterocycles. The molecule has 3 N–H and O–H groups in total. The molecule has 11 heteroatoms. The van der Waals surface area contributed by atoms with E-state index in [1.54, 1.807) is 63.2 Å². The highest BCUT2D eigenvalue weighted by atomic mass is 35.5. The first kappa shape index (κ1) is 23.3. The molecule has 0 radical (unpaired) electrons. The van der Waals surface area contributed by atoms with Gasteiger partial charge in [0.05, 0.1) is 11.1 Å². The van der Waals surface area contributed by atoms with Crippen molar-refractivity contribution in [2.24, 2.45) is 0 Å². The van der Waals surface area contributed by atoms with Crippen molar-refractivity contribution in [3.63, 3.8) is 0 Å². The second kappa shape index (κ2) is 9.41. The highest BCUT2D eigenvalue weighted by molar-refractivity contribution is 7.92. The molecular weight excluding hydrogens is 454 g/mol. The summed E-state index contributed by atoms with van der Waals surface area (Å²) >= 11 is 5.92. The lowest BCUT2D eigenvalue weighted by molar-refractivity contribution is 0.0636. The highest BCUT2D eigenvalue weighted by Gasteiger charge is 2.18. The van der Waals surface area contributed by atoms with Crippen LogP contribution in [0.3, 0.4) is 0 Å². The maximum Gasteiger partial charge on any atom is 0.412 e. The summed E-state index contributed by atoms with van der Waals surface area (Å²) in [5.41, 5.74) is 0.454. The van der Waals surface area contributed by atoms with Gasteiger partial charge in [0, 0.05) is 11.4 Å². The Labute approximate surface area is 191 Å². The molecule has 168 valence electrons. The molecule has 9 nitrogen and oxygen atoms in total. The first-order valence-electron chi connectivity index (χ1n) is 9.49. The highest BCUT2D eigenvalue weighted by Crippen LogP contribution is 2.27. The Morgan fingerprint density at radius 3 is 2.41 bits per heavy atom. The summed E-state index contributed by atoms with van der Waals surface area (Å²) in [6.45, 7) is 5.30. The van der Waals surface area contributed by atoms with Gasteiger partial charge in [0.1, 0.15) is 11.3 Å². The van der Waals surface area contributed by atoms with Crippen LogP contribution in [0.15, 0.2) is 65.7 Å². The predicted molar refractivity (Wildman–Crippen MR) is 124 cm³/mol. The molecule has 0 unspecified atom stereocenters. The molecule has 0 fully saturated rings. The van der Waals surface area contributed by atoms with E-state index in [0.29, 0.717) is 11.4 Å². The van der Waals surface area contributed by atoms with Gasteiger partial charge in [-0.25, -0.2) is 18.2 Å². The van der Waals surface area contributed by atoms with Gasteiger partial charge in [0.25, 0.3) is 10.0 Å². The number of rotatable bonds is 6. The Morgan fingerprint density at radius 1 is 1.03 bits per heavy atom. The number of nitrogens with one attached hydrogen (secondary N) is 3. The molecule has 1 aromatic heterocycles. The number of amides is 1. The van der Waals surface area contributed by atoms with Crippen LogP contribution in [0.5, 0.6) is 0 Å². The molecule has 2 aromatic carbocycles. The van der Waals surface area contributed by atoms with Crippen molar-refractivity contribution in [1.82, 2.24) is 9.97 Å². The van der Waals surface area contributed by atoms with Crippen LogP contribution in [-0.2, 0) is 14.8 Å². The number of anilines is 4. The summed E-state index contributed by atoms with van der Waals surface area (Å²) in [6.07, 6.45) is 0.664. The number of carbonyl (C=O) groups is 1. The second-order valence-corrected chi connectivity index (χ2v) is 9.67. The number of hydrogen-bond acceptors (Lipinski definition) is 7. The lowest BCUT2D eigenvalue weighted by Crippen LogP contribution is -2.27. The van der Waals surface area contributed by atoms with Gasteiger partial charge >= 0.3 is 6.09 Å². The molecule has 0 spiro atoms. The Morgan fingerprint density at radius 2 is 1.72 bits per heavy atom. The SMILES string of the molecule is CC(C)(C)OC(=O)Nc1cccc(Nc2nc(Cl)ncc2NS(=O)(=O)c2ccccc2)c1. The summed E-state index contributed by atoms with van der Waals surface area (Å²) in [5.74, 6) is 0.138. The number of aromatic nitrogens is 2. The van der Waals surface area contributed by atoms with Crippen LogP contribution in [0.1, 0.15) is 20.8 Å². The van der Waals surface area contributed by atoms with E-state index in [1.165, 1.54) is 18.3 Å². The minimum atomic E-state index is -3.87. The van der Waals surface area contributed by atoms with E-state index in [0.717, 1.165) is 0 Å². The zero-order chi connectivity index (χ0) is 23.4. The largest absolute Gasteiger partial charge is 0.444 e. The molecule has 0 bridgehead atoms. The van der Waals surface area contributed by atoms with Crippen molar-refractivity contribution in [2.45, 2.75) is 31.3 Å². The maximum absolute atomic E-state index is 12.7. The summed E-state index contributed by atoms with van der Waals surface area (Å²) in [4.78, 5) is 20.1. The summed E-state index contributed by atoms with van der Waals surface area (Å²) in [5, 5.41) is 5.56. The summed E-state index contributed by atoms with van der Waals surface area (Å²) in [7, 11) is -3.87. The molecule has 1 heterocycles. The van der Waals surface area contributed by atoms with Crippen LogP contribution in [0.25, 0.3) is 0 Å². The number of carbonyl (C=O) groups excluding carboxylic acids is 1. The Balaban J connectivity index is 1.82. The molecular formula is C21H22ClN5O4S. The molecule has 0 saturated heterocycles. The van der Waals surface area contributed by atoms with Gasteiger partial charge in [-0.3, -0.25) is 10.0 Å². The van der Waals surface area contributed by atoms with E-state index in [2.05, 4.69) is 25.3 Å². The molecule has 3 aromatic rings. The third-order valence-corrected chi connectivity index (χ3v) is 5.39. The molecule has 1 amide bonds. The third kappa shape index (κ3) is 6.56. The Bertz CT molecular complexity index is 1210. The van der Waals surface area contributed by atoms with E-state index in [9.17, 15) is 13.2 Å². The predicted octanol–water partition coefficient (Wildman–Crippen LogP) is 5.02. The lowest BCUT2D eigenvalue weighted by Gasteiger charge is -2.20. The van der Waals surface area contributed by atoms with Crippen LogP contribution in [0, 0.1) is 0 Å². The first-order valence-corrected chi connectivity index (χ1v) is 11.4. The molecule has 0 atom stereocenters. The van der Waals surface area contributed by atoms with Gasteiger partial charge in [-0.05, 0) is 62.7 Å². The van der Waals surface area contributed by atoms with Gasteiger partial charge in [-0.1, -0.05) is 24.3 Å². The molecule has 0 aliphatic carbocycles. The van der Waals surface area contributed by atoms with Crippen molar-refractivity contribution in [1.29, 1.82) is 0 Å². The third-order valence-electron chi connectivity index (χ3n) is 3.83. The summed E-state index contributed by atoms with van der Waals surface area (Å²) < 4.78 is 33.1. The quantitative estimate of drug-likeness (QED) is 0.427. The van der Waals surface area contributed by atoms with Gasteiger partial charge in [-0.15, -0.1) is 0 Å². The number of sulfonamides is 1. The van der Waals surface area contributed by atoms with Crippen LogP contribution in [0.4, 0.5) is 27.7 Å². The zero-order valence-corrected chi connectivity index (χ0v) is 19.2. The van der Waals surface area contributed by atoms with Crippen molar-refractivity contribution in [3.8, 4) is 0 Å². The topological polar surface area (TPSA) is 122 Å². The number of hydrogen-bond donors (Lipinski definition) is 3. The number of nitrogens with zero attached hydrogens (tertiary/aromatic N) is 2. The lowest BCUT2D eigenvalue weighted by atomic mass is 10.2. The summed E-state index contributed by atoms with van der Waals surface area (Å²) in [6, 6.07) is 14.6. The van der Waals surface area contributed by atoms with Crippen molar-refractivity contribution < 1.29 is 17.9 Å². The molecule has 3 rings (SSSR count). The van der Waals surface area contributed by atoms with Crippen LogP contribution < -0.4 is 15.4 Å². The average molecular weight is 476 g/mol. The second-order valence-electron chi connectivity index (χ2n) is 7.65. The van der Waals surface area contributed by atoms with Gasteiger partial charge in [0.2, 0.25) is 5.28 Å². The number of ether oxygens (including phenoxy) is 1.